The monoisotopic (exact) mass is 469 g/mol. The quantitative estimate of drug-likeness (QED) is 0.423. The van der Waals surface area contributed by atoms with E-state index in [-0.39, 0.29) is 24.0 Å². The van der Waals surface area contributed by atoms with Crippen molar-refractivity contribution < 1.29 is 38.7 Å². The summed E-state index contributed by atoms with van der Waals surface area (Å²) in [4.78, 5) is 28.0. The molecule has 0 saturated carbocycles. The molecule has 2 aromatic carbocycles. The predicted octanol–water partition coefficient (Wildman–Crippen LogP) is 4.05. The molecular weight excluding hydrogens is 442 g/mol. The number of hydrogen-bond acceptors (Lipinski definition) is 7. The Bertz CT molecular complexity index is 1210. The van der Waals surface area contributed by atoms with E-state index in [4.69, 9.17) is 18.9 Å². The number of carboxylic acids is 2. The summed E-state index contributed by atoms with van der Waals surface area (Å²) in [6.45, 7) is 4.95. The topological polar surface area (TPSA) is 124 Å². The molecule has 9 nitrogen and oxygen atoms in total. The van der Waals surface area contributed by atoms with Gasteiger partial charge >= 0.3 is 11.9 Å². The lowest BCUT2D eigenvalue weighted by Crippen LogP contribution is -2.40. The zero-order chi connectivity index (χ0) is 25.0. The van der Waals surface area contributed by atoms with Crippen LogP contribution in [0.4, 0.5) is 0 Å². The molecule has 0 radical (unpaired) electrons. The number of nitrogens with zero attached hydrogens (tertiary/aromatic N) is 1. The van der Waals surface area contributed by atoms with Gasteiger partial charge in [0.05, 0.1) is 31.4 Å². The van der Waals surface area contributed by atoms with E-state index < -0.39 is 17.4 Å². The van der Waals surface area contributed by atoms with E-state index in [1.165, 1.54) is 25.3 Å². The molecule has 0 spiro atoms. The lowest BCUT2D eigenvalue weighted by Gasteiger charge is -2.22. The minimum Gasteiger partial charge on any atom is -0.497 e. The first-order valence-corrected chi connectivity index (χ1v) is 10.5. The third kappa shape index (κ3) is 4.68. The van der Waals surface area contributed by atoms with Gasteiger partial charge in [-0.3, -0.25) is 14.6 Å². The number of carboxylic acid groups (broad SMARTS) is 2. The minimum absolute atomic E-state index is 0.0128. The normalized spacial score (nSPS) is 11.4. The number of pyridine rings is 1. The Morgan fingerprint density at radius 2 is 1.71 bits per heavy atom. The lowest BCUT2D eigenvalue weighted by molar-refractivity contribution is -0.156. The molecule has 9 heteroatoms. The third-order valence-electron chi connectivity index (χ3n) is 5.43. The summed E-state index contributed by atoms with van der Waals surface area (Å²) >= 11 is 0. The van der Waals surface area contributed by atoms with Crippen LogP contribution in [0.1, 0.15) is 31.9 Å². The van der Waals surface area contributed by atoms with Crippen molar-refractivity contribution in [1.29, 1.82) is 0 Å². The van der Waals surface area contributed by atoms with Crippen molar-refractivity contribution in [3.05, 3.63) is 53.7 Å². The summed E-state index contributed by atoms with van der Waals surface area (Å²) in [5.74, 6) is -1.24. The van der Waals surface area contributed by atoms with E-state index in [0.717, 1.165) is 17.8 Å². The van der Waals surface area contributed by atoms with Crippen molar-refractivity contribution in [2.24, 2.45) is 0 Å². The molecule has 0 fully saturated rings. The van der Waals surface area contributed by atoms with Crippen molar-refractivity contribution in [1.82, 2.24) is 4.98 Å². The fourth-order valence-electron chi connectivity index (χ4n) is 3.39. The standard InChI is InChI=1S/C25H27NO8/c1-14(2)34-22-15(12-26-19-8-7-17(31-4)11-18(19)22)13-33-21-10-16(6-9-20(21)32-5)25(3,23(27)28)24(29)30/h6-12,14H,13H2,1-5H3,(H,27,28)(H,29,30). The number of carbonyl (C=O) groups is 2. The number of ether oxygens (including phenoxy) is 4. The summed E-state index contributed by atoms with van der Waals surface area (Å²) in [7, 11) is 3.01. The van der Waals surface area contributed by atoms with Crippen LogP contribution in [-0.4, -0.2) is 47.5 Å². The summed E-state index contributed by atoms with van der Waals surface area (Å²) in [5, 5.41) is 19.9. The number of benzene rings is 2. The van der Waals surface area contributed by atoms with Gasteiger partial charge in [0, 0.05) is 11.6 Å². The maximum atomic E-state index is 11.7. The maximum Gasteiger partial charge on any atom is 0.325 e. The van der Waals surface area contributed by atoms with Crippen molar-refractivity contribution in [2.75, 3.05) is 14.2 Å². The molecule has 1 aromatic heterocycles. The molecule has 2 N–H and O–H groups in total. The third-order valence-corrected chi connectivity index (χ3v) is 5.43. The van der Waals surface area contributed by atoms with Crippen LogP contribution in [0.3, 0.4) is 0 Å². The molecule has 0 aliphatic heterocycles. The van der Waals surface area contributed by atoms with Gasteiger partial charge in [0.25, 0.3) is 0 Å². The van der Waals surface area contributed by atoms with Crippen LogP contribution < -0.4 is 18.9 Å². The van der Waals surface area contributed by atoms with E-state index in [1.807, 2.05) is 32.0 Å². The molecule has 0 unspecified atom stereocenters. The van der Waals surface area contributed by atoms with Crippen molar-refractivity contribution >= 4 is 22.8 Å². The summed E-state index contributed by atoms with van der Waals surface area (Å²) < 4.78 is 22.7. The molecule has 34 heavy (non-hydrogen) atoms. The van der Waals surface area contributed by atoms with Crippen LogP contribution in [0.5, 0.6) is 23.0 Å². The van der Waals surface area contributed by atoms with Crippen molar-refractivity contribution in [3.8, 4) is 23.0 Å². The molecule has 0 atom stereocenters. The van der Waals surface area contributed by atoms with Gasteiger partial charge in [-0.1, -0.05) is 6.07 Å². The van der Waals surface area contributed by atoms with Crippen LogP contribution in [0.2, 0.25) is 0 Å². The molecule has 0 saturated heterocycles. The predicted molar refractivity (Wildman–Crippen MR) is 124 cm³/mol. The second-order valence-corrected chi connectivity index (χ2v) is 8.05. The van der Waals surface area contributed by atoms with Crippen molar-refractivity contribution in [3.63, 3.8) is 0 Å². The first-order chi connectivity index (χ1) is 16.1. The van der Waals surface area contributed by atoms with Crippen LogP contribution in [0.15, 0.2) is 42.6 Å². The average molecular weight is 469 g/mol. The van der Waals surface area contributed by atoms with Crippen LogP contribution in [0.25, 0.3) is 10.9 Å². The summed E-state index contributed by atoms with van der Waals surface area (Å²) in [6, 6.07) is 9.70. The largest absolute Gasteiger partial charge is 0.497 e. The Hall–Kier alpha value is -4.01. The minimum atomic E-state index is -2.16. The smallest absolute Gasteiger partial charge is 0.325 e. The fourth-order valence-corrected chi connectivity index (χ4v) is 3.39. The molecule has 3 rings (SSSR count). The van der Waals surface area contributed by atoms with Gasteiger partial charge in [-0.15, -0.1) is 0 Å². The van der Waals surface area contributed by atoms with E-state index in [1.54, 1.807) is 13.3 Å². The summed E-state index contributed by atoms with van der Waals surface area (Å²) in [6.07, 6.45) is 1.52. The van der Waals surface area contributed by atoms with Gasteiger partial charge in [0.1, 0.15) is 18.1 Å². The maximum absolute atomic E-state index is 11.7. The molecule has 180 valence electrons. The zero-order valence-electron chi connectivity index (χ0n) is 19.6. The Labute approximate surface area is 196 Å². The summed E-state index contributed by atoms with van der Waals surface area (Å²) in [5.41, 5.74) is -0.750. The van der Waals surface area contributed by atoms with Gasteiger partial charge in [0.15, 0.2) is 16.9 Å². The van der Waals surface area contributed by atoms with E-state index in [0.29, 0.717) is 22.8 Å². The van der Waals surface area contributed by atoms with Gasteiger partial charge in [-0.25, -0.2) is 0 Å². The molecular formula is C25H27NO8. The van der Waals surface area contributed by atoms with E-state index >= 15 is 0 Å². The SMILES string of the molecule is COc1ccc2ncc(COc3cc(C(C)(C(=O)O)C(=O)O)ccc3OC)c(OC(C)C)c2c1. The van der Waals surface area contributed by atoms with Crippen LogP contribution in [0, 0.1) is 0 Å². The van der Waals surface area contributed by atoms with Gasteiger partial charge < -0.3 is 29.2 Å². The Balaban J connectivity index is 2.03. The molecule has 0 bridgehead atoms. The van der Waals surface area contributed by atoms with Crippen LogP contribution >= 0.6 is 0 Å². The highest BCUT2D eigenvalue weighted by atomic mass is 16.5. The number of rotatable bonds is 10. The molecule has 3 aromatic rings. The molecule has 0 aliphatic rings. The Morgan fingerprint density at radius 3 is 2.29 bits per heavy atom. The molecule has 0 amide bonds. The zero-order valence-corrected chi connectivity index (χ0v) is 19.6. The number of fused-ring (bicyclic) bond motifs is 1. The lowest BCUT2D eigenvalue weighted by atomic mass is 9.82. The molecule has 0 aliphatic carbocycles. The highest BCUT2D eigenvalue weighted by molar-refractivity contribution is 6.04. The van der Waals surface area contributed by atoms with Gasteiger partial charge in [-0.05, 0) is 56.7 Å². The number of methoxy groups -OCH3 is 2. The molecule has 1 heterocycles. The first-order valence-electron chi connectivity index (χ1n) is 10.5. The van der Waals surface area contributed by atoms with E-state index in [9.17, 15) is 19.8 Å². The second kappa shape index (κ2) is 9.86. The Morgan fingerprint density at radius 1 is 1.00 bits per heavy atom. The average Bonchev–Trinajstić information content (AvgIpc) is 2.81. The highest BCUT2D eigenvalue weighted by Gasteiger charge is 2.44. The Kier molecular flexibility index (Phi) is 7.14. The van der Waals surface area contributed by atoms with Gasteiger partial charge in [0.2, 0.25) is 0 Å². The number of aromatic nitrogens is 1. The van der Waals surface area contributed by atoms with Gasteiger partial charge in [-0.2, -0.15) is 0 Å². The number of hydrogen-bond donors (Lipinski definition) is 2. The second-order valence-electron chi connectivity index (χ2n) is 8.05. The van der Waals surface area contributed by atoms with E-state index in [2.05, 4.69) is 4.98 Å². The first kappa shape index (κ1) is 24.6. The van der Waals surface area contributed by atoms with Crippen LogP contribution in [-0.2, 0) is 21.6 Å². The highest BCUT2D eigenvalue weighted by Crippen LogP contribution is 2.37. The number of aliphatic carboxylic acids is 2. The van der Waals surface area contributed by atoms with Crippen molar-refractivity contribution in [2.45, 2.75) is 38.9 Å². The fraction of sp³-hybridized carbons (Fsp3) is 0.320.